The molecule has 40 heavy (non-hydrogen) atoms. The lowest BCUT2D eigenvalue weighted by molar-refractivity contribution is -0.137. The van der Waals surface area contributed by atoms with Gasteiger partial charge >= 0.3 is 12.1 Å². The molecule has 0 saturated heterocycles. The summed E-state index contributed by atoms with van der Waals surface area (Å²) >= 11 is 6.21. The molecule has 5 aromatic rings. The van der Waals surface area contributed by atoms with Crippen LogP contribution in [0.15, 0.2) is 58.1 Å². The van der Waals surface area contributed by atoms with Crippen LogP contribution in [0.2, 0.25) is 5.02 Å². The minimum atomic E-state index is -4.71. The summed E-state index contributed by atoms with van der Waals surface area (Å²) in [5.74, 6) is -0.733. The molecule has 202 valence electrons. The minimum Gasteiger partial charge on any atom is -0.491 e. The summed E-state index contributed by atoms with van der Waals surface area (Å²) in [6, 6.07) is 9.08. The van der Waals surface area contributed by atoms with Gasteiger partial charge in [-0.3, -0.25) is 14.3 Å². The van der Waals surface area contributed by atoms with Crippen LogP contribution in [0.1, 0.15) is 27.3 Å². The van der Waals surface area contributed by atoms with Gasteiger partial charge in [0.1, 0.15) is 41.6 Å². The van der Waals surface area contributed by atoms with E-state index in [1.54, 1.807) is 24.3 Å². The van der Waals surface area contributed by atoms with Crippen LogP contribution in [-0.2, 0) is 12.7 Å². The van der Waals surface area contributed by atoms with Gasteiger partial charge in [-0.2, -0.15) is 18.4 Å². The first-order valence-electron chi connectivity index (χ1n) is 11.5. The van der Waals surface area contributed by atoms with Crippen LogP contribution in [0.4, 0.5) is 13.2 Å². The fourth-order valence-electron chi connectivity index (χ4n) is 4.35. The number of ether oxygens (including phenoxy) is 1. The molecule has 3 aromatic heterocycles. The number of aromatic carboxylic acids is 1. The molecule has 0 spiro atoms. The molecule has 13 heteroatoms. The zero-order valence-electron chi connectivity index (χ0n) is 20.4. The van der Waals surface area contributed by atoms with E-state index in [0.29, 0.717) is 28.0 Å². The van der Waals surface area contributed by atoms with E-state index in [1.165, 1.54) is 30.0 Å². The molecule has 0 atom stereocenters. The lowest BCUT2D eigenvalue weighted by Crippen LogP contribution is -2.27. The topological polar surface area (TPSA) is 131 Å². The van der Waals surface area contributed by atoms with Crippen LogP contribution in [-0.4, -0.2) is 32.2 Å². The third-order valence-corrected chi connectivity index (χ3v) is 6.42. The lowest BCUT2D eigenvalue weighted by Gasteiger charge is -2.15. The van der Waals surface area contributed by atoms with Crippen LogP contribution < -0.4 is 10.3 Å². The first-order valence-corrected chi connectivity index (χ1v) is 11.9. The maximum absolute atomic E-state index is 13.3. The number of hydrogen-bond donors (Lipinski definition) is 1. The second kappa shape index (κ2) is 10.0. The molecule has 0 bridgehead atoms. The van der Waals surface area contributed by atoms with Gasteiger partial charge < -0.3 is 14.3 Å². The first-order chi connectivity index (χ1) is 19.0. The summed E-state index contributed by atoms with van der Waals surface area (Å²) in [4.78, 5) is 33.2. The number of fused-ring (bicyclic) bond motifs is 2. The number of alkyl halides is 3. The van der Waals surface area contributed by atoms with Crippen molar-refractivity contribution in [3.8, 4) is 22.9 Å². The Labute approximate surface area is 227 Å². The molecule has 1 N–H and O–H groups in total. The number of carboxylic acid groups (broad SMARTS) is 1. The molecule has 0 aliphatic heterocycles. The van der Waals surface area contributed by atoms with Crippen LogP contribution >= 0.6 is 11.6 Å². The Hall–Kier alpha value is -4.89. The van der Waals surface area contributed by atoms with Crippen molar-refractivity contribution in [2.45, 2.75) is 19.6 Å². The van der Waals surface area contributed by atoms with Crippen molar-refractivity contribution in [1.29, 1.82) is 5.26 Å². The molecule has 3 heterocycles. The van der Waals surface area contributed by atoms with Gasteiger partial charge in [-0.1, -0.05) is 11.6 Å². The maximum Gasteiger partial charge on any atom is 0.416 e. The van der Waals surface area contributed by atoms with Crippen molar-refractivity contribution in [2.75, 3.05) is 6.61 Å². The van der Waals surface area contributed by atoms with Gasteiger partial charge in [-0.05, 0) is 43.3 Å². The number of halogens is 4. The van der Waals surface area contributed by atoms with E-state index in [-0.39, 0.29) is 46.5 Å². The molecule has 9 nitrogen and oxygen atoms in total. The van der Waals surface area contributed by atoms with E-state index >= 15 is 0 Å². The van der Waals surface area contributed by atoms with Crippen LogP contribution in [0.3, 0.4) is 0 Å². The third kappa shape index (κ3) is 4.71. The van der Waals surface area contributed by atoms with Gasteiger partial charge in [-0.15, -0.1) is 0 Å². The number of furan rings is 1. The Kier molecular flexibility index (Phi) is 6.69. The number of carbonyl (C=O) groups is 1. The molecule has 0 aliphatic carbocycles. The normalized spacial score (nSPS) is 11.6. The lowest BCUT2D eigenvalue weighted by atomic mass is 10.1. The highest BCUT2D eigenvalue weighted by Crippen LogP contribution is 2.38. The predicted octanol–water partition coefficient (Wildman–Crippen LogP) is 5.83. The third-order valence-electron chi connectivity index (χ3n) is 6.19. The average molecular weight is 569 g/mol. The van der Waals surface area contributed by atoms with Crippen molar-refractivity contribution in [1.82, 2.24) is 14.5 Å². The summed E-state index contributed by atoms with van der Waals surface area (Å²) in [7, 11) is 0. The van der Waals surface area contributed by atoms with Crippen LogP contribution in [0.5, 0.6) is 5.75 Å². The Balaban J connectivity index is 1.48. The van der Waals surface area contributed by atoms with E-state index in [0.717, 1.165) is 6.07 Å². The van der Waals surface area contributed by atoms with Gasteiger partial charge in [0, 0.05) is 16.8 Å². The first kappa shape index (κ1) is 26.7. The van der Waals surface area contributed by atoms with E-state index in [4.69, 9.17) is 20.8 Å². The SMILES string of the molecule is Cc1nc2cc(C(F)(F)F)cc(C#N)c2c(=O)n1CCOc1ccc(Cl)cc1-c1coc2c(C(=O)O)ccnc12. The van der Waals surface area contributed by atoms with Gasteiger partial charge in [0.25, 0.3) is 5.56 Å². The number of nitrogens with zero attached hydrogens (tertiary/aromatic N) is 4. The molecule has 0 radical (unpaired) electrons. The minimum absolute atomic E-state index is 0.0465. The Morgan fingerprint density at radius 1 is 1.23 bits per heavy atom. The van der Waals surface area contributed by atoms with Gasteiger partial charge in [-0.25, -0.2) is 9.78 Å². The van der Waals surface area contributed by atoms with Crippen molar-refractivity contribution in [3.05, 3.63) is 86.7 Å². The summed E-state index contributed by atoms with van der Waals surface area (Å²) in [5.41, 5.74) is -1.26. The van der Waals surface area contributed by atoms with Gasteiger partial charge in [0.05, 0.1) is 34.1 Å². The van der Waals surface area contributed by atoms with Crippen molar-refractivity contribution in [3.63, 3.8) is 0 Å². The molecule has 0 unspecified atom stereocenters. The van der Waals surface area contributed by atoms with Crippen LogP contribution in [0.25, 0.3) is 33.1 Å². The Morgan fingerprint density at radius 3 is 2.70 bits per heavy atom. The quantitative estimate of drug-likeness (QED) is 0.270. The molecule has 0 aliphatic rings. The number of rotatable bonds is 6. The number of nitriles is 1. The zero-order chi connectivity index (χ0) is 28.8. The number of pyridine rings is 1. The highest BCUT2D eigenvalue weighted by Gasteiger charge is 2.32. The maximum atomic E-state index is 13.3. The largest absolute Gasteiger partial charge is 0.491 e. The molecular weight excluding hydrogens is 553 g/mol. The van der Waals surface area contributed by atoms with Gasteiger partial charge in [0.2, 0.25) is 0 Å². The summed E-state index contributed by atoms with van der Waals surface area (Å²) in [5, 5.41) is 19.0. The zero-order valence-corrected chi connectivity index (χ0v) is 21.2. The highest BCUT2D eigenvalue weighted by atomic mass is 35.5. The fraction of sp³-hybridized carbons (Fsp3) is 0.148. The molecule has 2 aromatic carbocycles. The van der Waals surface area contributed by atoms with Gasteiger partial charge in [0.15, 0.2) is 5.58 Å². The number of aryl methyl sites for hydroxylation is 1. The standard InChI is InChI=1S/C27H16ClF3N4O5/c1-13-34-20-9-15(27(29,30)31)8-14(11-32)22(20)25(36)35(13)6-7-39-21-3-2-16(28)10-18(21)19-12-40-24-17(26(37)38)4-5-33-23(19)24/h2-5,8-10,12H,6-7H2,1H3,(H,37,38). The molecule has 5 rings (SSSR count). The Bertz CT molecular complexity index is 1920. The predicted molar refractivity (Wildman–Crippen MR) is 137 cm³/mol. The van der Waals surface area contributed by atoms with Crippen molar-refractivity contribution in [2.24, 2.45) is 0 Å². The number of carboxylic acids is 1. The van der Waals surface area contributed by atoms with E-state index in [2.05, 4.69) is 9.97 Å². The van der Waals surface area contributed by atoms with Crippen molar-refractivity contribution < 1.29 is 32.2 Å². The highest BCUT2D eigenvalue weighted by molar-refractivity contribution is 6.31. The molecule has 0 fully saturated rings. The Morgan fingerprint density at radius 2 is 2.00 bits per heavy atom. The van der Waals surface area contributed by atoms with E-state index in [9.17, 15) is 33.1 Å². The van der Waals surface area contributed by atoms with Crippen molar-refractivity contribution >= 4 is 39.6 Å². The van der Waals surface area contributed by atoms with E-state index in [1.807, 2.05) is 0 Å². The number of benzene rings is 2. The summed E-state index contributed by atoms with van der Waals surface area (Å²) < 4.78 is 52.4. The second-order valence-electron chi connectivity index (χ2n) is 8.62. The summed E-state index contributed by atoms with van der Waals surface area (Å²) in [6.07, 6.45) is -2.03. The molecule has 0 saturated carbocycles. The molecule has 0 amide bonds. The molecular formula is C27H16ClF3N4O5. The van der Waals surface area contributed by atoms with E-state index < -0.39 is 28.8 Å². The monoisotopic (exact) mass is 568 g/mol. The average Bonchev–Trinajstić information content (AvgIpc) is 3.34. The summed E-state index contributed by atoms with van der Waals surface area (Å²) in [6.45, 7) is 1.34. The second-order valence-corrected chi connectivity index (χ2v) is 9.06. The number of hydrogen-bond acceptors (Lipinski definition) is 7. The number of aromatic nitrogens is 3. The smallest absolute Gasteiger partial charge is 0.416 e. The fourth-order valence-corrected chi connectivity index (χ4v) is 4.52. The van der Waals surface area contributed by atoms with Crippen LogP contribution in [0, 0.1) is 18.3 Å².